The van der Waals surface area contributed by atoms with Crippen LogP contribution in [0, 0.1) is 0 Å². The Morgan fingerprint density at radius 3 is 2.75 bits per heavy atom. The first-order valence-electron chi connectivity index (χ1n) is 5.43. The molecule has 0 aliphatic carbocycles. The third-order valence-electron chi connectivity index (χ3n) is 2.66. The van der Waals surface area contributed by atoms with E-state index in [1.807, 2.05) is 41.7 Å². The van der Waals surface area contributed by atoms with Crippen molar-refractivity contribution in [1.29, 1.82) is 0 Å². The van der Waals surface area contributed by atoms with Gasteiger partial charge in [-0.2, -0.15) is 0 Å². The quantitative estimate of drug-likeness (QED) is 0.824. The van der Waals surface area contributed by atoms with Crippen LogP contribution in [0.5, 0.6) is 0 Å². The van der Waals surface area contributed by atoms with Gasteiger partial charge in [0.1, 0.15) is 5.82 Å². The standard InChI is InChI=1S/C11H17N5/c1-15-7-5-9(8-15)11-14-13-10(16(11)2)4-3-6-12/h5,7-8H,3-4,6,12H2,1-2H3. The molecule has 0 bridgehead atoms. The van der Waals surface area contributed by atoms with Crippen molar-refractivity contribution >= 4 is 0 Å². The molecule has 0 radical (unpaired) electrons. The zero-order chi connectivity index (χ0) is 11.5. The second-order valence-electron chi connectivity index (χ2n) is 3.96. The highest BCUT2D eigenvalue weighted by molar-refractivity contribution is 5.54. The Kier molecular flexibility index (Phi) is 3.05. The molecule has 0 unspecified atom stereocenters. The Morgan fingerprint density at radius 1 is 1.31 bits per heavy atom. The molecule has 5 heteroatoms. The Labute approximate surface area is 94.9 Å². The molecule has 0 saturated heterocycles. The number of hydrogen-bond acceptors (Lipinski definition) is 3. The lowest BCUT2D eigenvalue weighted by Crippen LogP contribution is -2.05. The molecule has 0 aromatic carbocycles. The van der Waals surface area contributed by atoms with Crippen LogP contribution in [0.25, 0.3) is 11.4 Å². The summed E-state index contributed by atoms with van der Waals surface area (Å²) in [6.45, 7) is 0.688. The largest absolute Gasteiger partial charge is 0.357 e. The van der Waals surface area contributed by atoms with Crippen molar-refractivity contribution in [3.05, 3.63) is 24.3 Å². The van der Waals surface area contributed by atoms with Gasteiger partial charge in [0.05, 0.1) is 0 Å². The van der Waals surface area contributed by atoms with Crippen molar-refractivity contribution in [2.75, 3.05) is 6.54 Å². The number of hydrogen-bond donors (Lipinski definition) is 1. The highest BCUT2D eigenvalue weighted by Gasteiger charge is 2.10. The summed E-state index contributed by atoms with van der Waals surface area (Å²) in [5.74, 6) is 1.90. The number of rotatable bonds is 4. The topological polar surface area (TPSA) is 61.7 Å². The number of aromatic nitrogens is 4. The summed E-state index contributed by atoms with van der Waals surface area (Å²) < 4.78 is 4.04. The molecular weight excluding hydrogens is 202 g/mol. The van der Waals surface area contributed by atoms with Crippen molar-refractivity contribution in [2.45, 2.75) is 12.8 Å². The van der Waals surface area contributed by atoms with Crippen molar-refractivity contribution in [2.24, 2.45) is 19.8 Å². The molecule has 2 aromatic heterocycles. The fourth-order valence-corrected chi connectivity index (χ4v) is 1.73. The SMILES string of the molecule is Cn1ccc(-c2nnc(CCCN)n2C)c1. The molecule has 0 atom stereocenters. The molecule has 0 spiro atoms. The van der Waals surface area contributed by atoms with Gasteiger partial charge in [0.2, 0.25) is 0 Å². The summed E-state index contributed by atoms with van der Waals surface area (Å²) in [4.78, 5) is 0. The van der Waals surface area contributed by atoms with Gasteiger partial charge in [-0.15, -0.1) is 10.2 Å². The maximum atomic E-state index is 5.49. The molecular formula is C11H17N5. The average Bonchev–Trinajstić information content (AvgIpc) is 2.83. The summed E-state index contributed by atoms with van der Waals surface area (Å²) in [6, 6.07) is 2.04. The zero-order valence-corrected chi connectivity index (χ0v) is 9.72. The Morgan fingerprint density at radius 2 is 2.12 bits per heavy atom. The van der Waals surface area contributed by atoms with Crippen molar-refractivity contribution < 1.29 is 0 Å². The van der Waals surface area contributed by atoms with Gasteiger partial charge in [-0.25, -0.2) is 0 Å². The summed E-state index contributed by atoms with van der Waals surface area (Å²) >= 11 is 0. The summed E-state index contributed by atoms with van der Waals surface area (Å²) in [7, 11) is 3.99. The van der Waals surface area contributed by atoms with E-state index in [1.54, 1.807) is 0 Å². The van der Waals surface area contributed by atoms with Crippen molar-refractivity contribution in [3.8, 4) is 11.4 Å². The second kappa shape index (κ2) is 4.49. The van der Waals surface area contributed by atoms with Gasteiger partial charge in [0, 0.05) is 38.5 Å². The van der Waals surface area contributed by atoms with Gasteiger partial charge < -0.3 is 14.9 Å². The lowest BCUT2D eigenvalue weighted by atomic mass is 10.3. The van der Waals surface area contributed by atoms with Crippen LogP contribution < -0.4 is 5.73 Å². The minimum atomic E-state index is 0.688. The fourth-order valence-electron chi connectivity index (χ4n) is 1.73. The second-order valence-corrected chi connectivity index (χ2v) is 3.96. The molecule has 0 fully saturated rings. The number of aryl methyl sites for hydroxylation is 2. The van der Waals surface area contributed by atoms with Crippen LogP contribution in [-0.2, 0) is 20.5 Å². The maximum Gasteiger partial charge on any atom is 0.165 e. The van der Waals surface area contributed by atoms with Crippen LogP contribution in [0.15, 0.2) is 18.5 Å². The highest BCUT2D eigenvalue weighted by atomic mass is 15.3. The van der Waals surface area contributed by atoms with E-state index in [1.165, 1.54) is 0 Å². The number of nitrogens with two attached hydrogens (primary N) is 1. The van der Waals surface area contributed by atoms with Crippen LogP contribution >= 0.6 is 0 Å². The molecule has 2 heterocycles. The van der Waals surface area contributed by atoms with E-state index in [0.29, 0.717) is 6.54 Å². The maximum absolute atomic E-state index is 5.49. The molecule has 2 aromatic rings. The number of nitrogens with zero attached hydrogens (tertiary/aromatic N) is 4. The lowest BCUT2D eigenvalue weighted by molar-refractivity contribution is 0.731. The fraction of sp³-hybridized carbons (Fsp3) is 0.455. The minimum Gasteiger partial charge on any atom is -0.357 e. The molecule has 5 nitrogen and oxygen atoms in total. The van der Waals surface area contributed by atoms with Gasteiger partial charge >= 0.3 is 0 Å². The van der Waals surface area contributed by atoms with Crippen LogP contribution in [0.2, 0.25) is 0 Å². The first-order valence-corrected chi connectivity index (χ1v) is 5.43. The smallest absolute Gasteiger partial charge is 0.165 e. The minimum absolute atomic E-state index is 0.688. The third-order valence-corrected chi connectivity index (χ3v) is 2.66. The van der Waals surface area contributed by atoms with E-state index in [-0.39, 0.29) is 0 Å². The summed E-state index contributed by atoms with van der Waals surface area (Å²) in [5.41, 5.74) is 6.58. The van der Waals surface area contributed by atoms with E-state index in [9.17, 15) is 0 Å². The Hall–Kier alpha value is -1.62. The monoisotopic (exact) mass is 219 g/mol. The third kappa shape index (κ3) is 1.99. The molecule has 86 valence electrons. The molecule has 0 aliphatic heterocycles. The van der Waals surface area contributed by atoms with E-state index in [2.05, 4.69) is 10.2 Å². The zero-order valence-electron chi connectivity index (χ0n) is 9.72. The van der Waals surface area contributed by atoms with E-state index in [4.69, 9.17) is 5.73 Å². The lowest BCUT2D eigenvalue weighted by Gasteiger charge is -2.01. The Balaban J connectivity index is 2.26. The van der Waals surface area contributed by atoms with Gasteiger partial charge in [0.15, 0.2) is 5.82 Å². The molecule has 2 rings (SSSR count). The van der Waals surface area contributed by atoms with E-state index < -0.39 is 0 Å². The normalized spacial score (nSPS) is 10.9. The average molecular weight is 219 g/mol. The van der Waals surface area contributed by atoms with Gasteiger partial charge in [-0.05, 0) is 19.0 Å². The van der Waals surface area contributed by atoms with E-state index >= 15 is 0 Å². The first-order chi connectivity index (χ1) is 7.72. The van der Waals surface area contributed by atoms with Crippen LogP contribution in [0.1, 0.15) is 12.2 Å². The predicted octanol–water partition coefficient (Wildman–Crippen LogP) is 0.712. The Bertz CT molecular complexity index is 468. The molecule has 0 saturated carbocycles. The summed E-state index contributed by atoms with van der Waals surface area (Å²) in [5, 5.41) is 8.40. The molecule has 0 amide bonds. The van der Waals surface area contributed by atoms with Crippen LogP contribution in [0.3, 0.4) is 0 Å². The van der Waals surface area contributed by atoms with E-state index in [0.717, 1.165) is 30.1 Å². The highest BCUT2D eigenvalue weighted by Crippen LogP contribution is 2.17. The van der Waals surface area contributed by atoms with Gasteiger partial charge in [0.25, 0.3) is 0 Å². The molecule has 2 N–H and O–H groups in total. The first kappa shape index (κ1) is 10.9. The van der Waals surface area contributed by atoms with Crippen molar-refractivity contribution in [3.63, 3.8) is 0 Å². The van der Waals surface area contributed by atoms with Crippen LogP contribution in [-0.4, -0.2) is 25.9 Å². The van der Waals surface area contributed by atoms with Crippen LogP contribution in [0.4, 0.5) is 0 Å². The molecule has 16 heavy (non-hydrogen) atoms. The summed E-state index contributed by atoms with van der Waals surface area (Å²) in [6.07, 6.45) is 5.87. The van der Waals surface area contributed by atoms with Crippen molar-refractivity contribution in [1.82, 2.24) is 19.3 Å². The predicted molar refractivity (Wildman–Crippen MR) is 62.8 cm³/mol. The van der Waals surface area contributed by atoms with Gasteiger partial charge in [-0.1, -0.05) is 0 Å². The molecule has 0 aliphatic rings. The van der Waals surface area contributed by atoms with Gasteiger partial charge in [-0.3, -0.25) is 0 Å².